The molecule has 0 bridgehead atoms. The van der Waals surface area contributed by atoms with Gasteiger partial charge in [0.05, 0.1) is 7.11 Å². The van der Waals surface area contributed by atoms with Crippen LogP contribution in [0.4, 0.5) is 13.2 Å². The highest BCUT2D eigenvalue weighted by molar-refractivity contribution is 5.38. The predicted octanol–water partition coefficient (Wildman–Crippen LogP) is 4.19. The van der Waals surface area contributed by atoms with E-state index in [4.69, 9.17) is 4.74 Å². The molecule has 0 spiro atoms. The van der Waals surface area contributed by atoms with Crippen molar-refractivity contribution in [2.45, 2.75) is 24.7 Å². The molecule has 1 aliphatic heterocycles. The van der Waals surface area contributed by atoms with E-state index in [0.717, 1.165) is 11.1 Å². The van der Waals surface area contributed by atoms with Crippen LogP contribution in [0.2, 0.25) is 0 Å². The van der Waals surface area contributed by atoms with Gasteiger partial charge in [0.25, 0.3) is 0 Å². The third-order valence-corrected chi connectivity index (χ3v) is 4.00. The molecule has 0 saturated carbocycles. The molecule has 1 N–H and O–H groups in total. The second-order valence-electron chi connectivity index (χ2n) is 5.37. The molecule has 0 aliphatic carbocycles. The van der Waals surface area contributed by atoms with E-state index in [-0.39, 0.29) is 6.04 Å². The molecular weight excluding hydrogens is 291 g/mol. The second-order valence-corrected chi connectivity index (χ2v) is 5.37. The number of fused-ring (bicyclic) bond motifs is 1. The van der Waals surface area contributed by atoms with E-state index in [9.17, 15) is 13.2 Å². The minimum absolute atomic E-state index is 0.319. The number of alkyl halides is 3. The van der Waals surface area contributed by atoms with Gasteiger partial charge in [0.15, 0.2) is 0 Å². The highest BCUT2D eigenvalue weighted by atomic mass is 19.4. The van der Waals surface area contributed by atoms with Crippen molar-refractivity contribution in [1.29, 1.82) is 0 Å². The van der Waals surface area contributed by atoms with Crippen LogP contribution >= 0.6 is 0 Å². The SMILES string of the molecule is COc1ccc([C@H]2Cc3ccccc3[C@@H](C(F)(F)F)N2)cc1. The highest BCUT2D eigenvalue weighted by Crippen LogP contribution is 2.41. The fourth-order valence-corrected chi connectivity index (χ4v) is 2.89. The summed E-state index contributed by atoms with van der Waals surface area (Å²) in [7, 11) is 1.56. The van der Waals surface area contributed by atoms with Crippen molar-refractivity contribution in [1.82, 2.24) is 5.32 Å². The summed E-state index contributed by atoms with van der Waals surface area (Å²) in [6, 6.07) is 11.9. The molecule has 22 heavy (non-hydrogen) atoms. The molecule has 2 aromatic carbocycles. The Morgan fingerprint density at radius 3 is 2.36 bits per heavy atom. The Labute approximate surface area is 126 Å². The number of rotatable bonds is 2. The smallest absolute Gasteiger partial charge is 0.407 e. The lowest BCUT2D eigenvalue weighted by Gasteiger charge is -2.34. The van der Waals surface area contributed by atoms with E-state index in [1.54, 1.807) is 55.6 Å². The zero-order valence-electron chi connectivity index (χ0n) is 12.0. The fourth-order valence-electron chi connectivity index (χ4n) is 2.89. The third-order valence-electron chi connectivity index (χ3n) is 4.00. The van der Waals surface area contributed by atoms with Crippen molar-refractivity contribution in [2.75, 3.05) is 7.11 Å². The van der Waals surface area contributed by atoms with Crippen molar-refractivity contribution < 1.29 is 17.9 Å². The molecule has 116 valence electrons. The first kappa shape index (κ1) is 14.9. The molecule has 1 heterocycles. The van der Waals surface area contributed by atoms with Crippen molar-refractivity contribution in [3.8, 4) is 5.75 Å². The van der Waals surface area contributed by atoms with E-state index < -0.39 is 12.2 Å². The quantitative estimate of drug-likeness (QED) is 0.898. The molecule has 0 amide bonds. The molecular formula is C17H16F3NO. The lowest BCUT2D eigenvalue weighted by Crippen LogP contribution is -2.41. The van der Waals surface area contributed by atoms with Crippen LogP contribution < -0.4 is 10.1 Å². The van der Waals surface area contributed by atoms with Gasteiger partial charge in [-0.05, 0) is 35.2 Å². The van der Waals surface area contributed by atoms with Gasteiger partial charge in [0.1, 0.15) is 11.8 Å². The van der Waals surface area contributed by atoms with Crippen LogP contribution in [0.15, 0.2) is 48.5 Å². The molecule has 0 unspecified atom stereocenters. The molecule has 5 heteroatoms. The fraction of sp³-hybridized carbons (Fsp3) is 0.294. The topological polar surface area (TPSA) is 21.3 Å². The molecule has 2 nitrogen and oxygen atoms in total. The molecule has 3 rings (SSSR count). The van der Waals surface area contributed by atoms with Gasteiger partial charge in [-0.25, -0.2) is 0 Å². The van der Waals surface area contributed by atoms with Crippen LogP contribution in [0.1, 0.15) is 28.8 Å². The second kappa shape index (κ2) is 5.65. The average Bonchev–Trinajstić information content (AvgIpc) is 2.53. The number of halogens is 3. The molecule has 2 atom stereocenters. The van der Waals surface area contributed by atoms with Crippen LogP contribution in [0, 0.1) is 0 Å². The Hall–Kier alpha value is -2.01. The highest BCUT2D eigenvalue weighted by Gasteiger charge is 2.45. The van der Waals surface area contributed by atoms with E-state index >= 15 is 0 Å². The zero-order chi connectivity index (χ0) is 15.7. The maximum atomic E-state index is 13.3. The number of benzene rings is 2. The summed E-state index contributed by atoms with van der Waals surface area (Å²) in [6.07, 6.45) is -3.78. The maximum absolute atomic E-state index is 13.3. The van der Waals surface area contributed by atoms with Gasteiger partial charge in [0.2, 0.25) is 0 Å². The summed E-state index contributed by atoms with van der Waals surface area (Å²) >= 11 is 0. The van der Waals surface area contributed by atoms with Gasteiger partial charge in [-0.15, -0.1) is 0 Å². The van der Waals surface area contributed by atoms with E-state index in [2.05, 4.69) is 5.32 Å². The van der Waals surface area contributed by atoms with Crippen molar-refractivity contribution >= 4 is 0 Å². The third kappa shape index (κ3) is 2.81. The van der Waals surface area contributed by atoms with E-state index in [1.165, 1.54) is 0 Å². The summed E-state index contributed by atoms with van der Waals surface area (Å²) in [5.41, 5.74) is 1.88. The number of hydrogen-bond donors (Lipinski definition) is 1. The van der Waals surface area contributed by atoms with Gasteiger partial charge in [-0.2, -0.15) is 13.2 Å². The summed E-state index contributed by atoms with van der Waals surface area (Å²) < 4.78 is 45.1. The minimum Gasteiger partial charge on any atom is -0.497 e. The molecule has 1 aliphatic rings. The summed E-state index contributed by atoms with van der Waals surface area (Å²) in [6.45, 7) is 0. The number of ether oxygens (including phenoxy) is 1. The van der Waals surface area contributed by atoms with Gasteiger partial charge < -0.3 is 4.74 Å². The van der Waals surface area contributed by atoms with Crippen LogP contribution in [-0.4, -0.2) is 13.3 Å². The molecule has 0 radical (unpaired) electrons. The molecule has 0 saturated heterocycles. The largest absolute Gasteiger partial charge is 0.497 e. The Bertz CT molecular complexity index is 652. The Morgan fingerprint density at radius 2 is 1.73 bits per heavy atom. The Kier molecular flexibility index (Phi) is 3.83. The monoisotopic (exact) mass is 307 g/mol. The van der Waals surface area contributed by atoms with Crippen LogP contribution in [-0.2, 0) is 6.42 Å². The summed E-state index contributed by atoms with van der Waals surface area (Å²) in [5.74, 6) is 0.687. The number of nitrogens with one attached hydrogen (secondary N) is 1. The maximum Gasteiger partial charge on any atom is 0.407 e. The van der Waals surface area contributed by atoms with Gasteiger partial charge in [0, 0.05) is 6.04 Å². The standard InChI is InChI=1S/C17H16F3NO/c1-22-13-8-6-11(7-9-13)15-10-12-4-2-3-5-14(12)16(21-15)17(18,19)20/h2-9,15-16,21H,10H2,1H3/t15-,16+/m1/s1. The van der Waals surface area contributed by atoms with Gasteiger partial charge >= 0.3 is 6.18 Å². The Balaban J connectivity index is 1.95. The van der Waals surface area contributed by atoms with Crippen LogP contribution in [0.3, 0.4) is 0 Å². The summed E-state index contributed by atoms with van der Waals surface area (Å²) in [4.78, 5) is 0. The van der Waals surface area contributed by atoms with E-state index in [1.807, 2.05) is 0 Å². The lowest BCUT2D eigenvalue weighted by molar-refractivity contribution is -0.161. The number of methoxy groups -OCH3 is 1. The van der Waals surface area contributed by atoms with Crippen molar-refractivity contribution in [2.24, 2.45) is 0 Å². The first-order chi connectivity index (χ1) is 10.5. The lowest BCUT2D eigenvalue weighted by atomic mass is 9.87. The molecule has 2 aromatic rings. The predicted molar refractivity (Wildman–Crippen MR) is 77.8 cm³/mol. The summed E-state index contributed by atoms with van der Waals surface area (Å²) in [5, 5.41) is 2.74. The minimum atomic E-state index is -4.32. The number of hydrogen-bond acceptors (Lipinski definition) is 2. The molecule has 0 aromatic heterocycles. The van der Waals surface area contributed by atoms with Crippen molar-refractivity contribution in [3.63, 3.8) is 0 Å². The van der Waals surface area contributed by atoms with Crippen molar-refractivity contribution in [3.05, 3.63) is 65.2 Å². The van der Waals surface area contributed by atoms with Crippen LogP contribution in [0.5, 0.6) is 5.75 Å². The first-order valence-corrected chi connectivity index (χ1v) is 7.03. The zero-order valence-corrected chi connectivity index (χ0v) is 12.0. The normalized spacial score (nSPS) is 21.3. The van der Waals surface area contributed by atoms with Crippen LogP contribution in [0.25, 0.3) is 0 Å². The Morgan fingerprint density at radius 1 is 1.05 bits per heavy atom. The van der Waals surface area contributed by atoms with Gasteiger partial charge in [-0.3, -0.25) is 5.32 Å². The van der Waals surface area contributed by atoms with Gasteiger partial charge in [-0.1, -0.05) is 36.4 Å². The first-order valence-electron chi connectivity index (χ1n) is 7.03. The van der Waals surface area contributed by atoms with E-state index in [0.29, 0.717) is 17.7 Å². The molecule has 0 fully saturated rings. The average molecular weight is 307 g/mol.